The maximum absolute atomic E-state index is 13.2. The Morgan fingerprint density at radius 1 is 0.800 bits per heavy atom. The summed E-state index contributed by atoms with van der Waals surface area (Å²) in [7, 11) is 0. The number of hydrogen-bond donors (Lipinski definition) is 1. The van der Waals surface area contributed by atoms with Crippen molar-refractivity contribution in [2.24, 2.45) is 10.8 Å². The van der Waals surface area contributed by atoms with Gasteiger partial charge in [0.05, 0.1) is 5.52 Å². The average Bonchev–Trinajstić information content (AvgIpc) is 3.08. The van der Waals surface area contributed by atoms with Gasteiger partial charge in [0.2, 0.25) is 11.8 Å². The lowest BCUT2D eigenvalue weighted by Gasteiger charge is -2.59. The summed E-state index contributed by atoms with van der Waals surface area (Å²) in [5.41, 5.74) is 1.94. The van der Waals surface area contributed by atoms with Crippen molar-refractivity contribution in [3.05, 3.63) is 120 Å². The molecule has 1 fully saturated rings. The highest BCUT2D eigenvalue weighted by atomic mass is 16.6. The molecule has 0 atom stereocenters. The Kier molecular flexibility index (Phi) is 9.35. The number of aromatic nitrogens is 2. The van der Waals surface area contributed by atoms with E-state index < -0.39 is 22.0 Å². The SMILES string of the molecule is CC(C)(C)OC(=O)N1CC(C)(C)C(O)(c2ccc3ncc(-c4ccc(OCc5ccccc5)nc4OCc4ccccc4)cc3c2)C(C)(C)C1. The van der Waals surface area contributed by atoms with Gasteiger partial charge in [-0.3, -0.25) is 4.98 Å². The van der Waals surface area contributed by atoms with Gasteiger partial charge in [0.1, 0.15) is 24.4 Å². The standard InChI is InChI=1S/C42H47N3O5/c1-39(2,3)50-38(46)45-27-40(4,5)42(47,41(6,7)28-45)33-18-20-35-31(23-33)22-32(24-43-35)34-19-21-36(48-25-29-14-10-8-11-15-29)44-37(34)49-26-30-16-12-9-13-17-30/h8-24,47H,25-28H2,1-7H3. The van der Waals surface area contributed by atoms with Gasteiger partial charge in [-0.25, -0.2) is 4.79 Å². The minimum Gasteiger partial charge on any atom is -0.473 e. The number of benzene rings is 3. The number of pyridine rings is 2. The van der Waals surface area contributed by atoms with Crippen LogP contribution in [0.4, 0.5) is 4.79 Å². The molecule has 50 heavy (non-hydrogen) atoms. The molecule has 2 aromatic heterocycles. The lowest BCUT2D eigenvalue weighted by Crippen LogP contribution is -2.66. The summed E-state index contributed by atoms with van der Waals surface area (Å²) < 4.78 is 18.1. The van der Waals surface area contributed by atoms with Crippen molar-refractivity contribution in [1.82, 2.24) is 14.9 Å². The fraction of sp³-hybridized carbons (Fsp3) is 0.357. The maximum atomic E-state index is 13.2. The number of piperidine rings is 1. The first kappa shape index (κ1) is 34.9. The van der Waals surface area contributed by atoms with Gasteiger partial charge in [0, 0.05) is 52.7 Å². The van der Waals surface area contributed by atoms with Gasteiger partial charge in [0.25, 0.3) is 0 Å². The van der Waals surface area contributed by atoms with E-state index in [9.17, 15) is 9.90 Å². The van der Waals surface area contributed by atoms with E-state index in [4.69, 9.17) is 24.2 Å². The van der Waals surface area contributed by atoms with E-state index in [1.807, 2.05) is 146 Å². The topological polar surface area (TPSA) is 94.0 Å². The number of ether oxygens (including phenoxy) is 3. The van der Waals surface area contributed by atoms with Crippen LogP contribution < -0.4 is 9.47 Å². The van der Waals surface area contributed by atoms with Crippen LogP contribution in [0.5, 0.6) is 11.8 Å². The van der Waals surface area contributed by atoms with Crippen LogP contribution in [0.15, 0.2) is 103 Å². The van der Waals surface area contributed by atoms with Crippen molar-refractivity contribution in [1.29, 1.82) is 0 Å². The van der Waals surface area contributed by atoms with Crippen LogP contribution in [-0.2, 0) is 23.6 Å². The van der Waals surface area contributed by atoms with Gasteiger partial charge in [-0.2, -0.15) is 4.98 Å². The van der Waals surface area contributed by atoms with Crippen LogP contribution in [-0.4, -0.2) is 44.8 Å². The van der Waals surface area contributed by atoms with Crippen molar-refractivity contribution in [2.45, 2.75) is 72.9 Å². The molecule has 8 nitrogen and oxygen atoms in total. The zero-order valence-electron chi connectivity index (χ0n) is 30.1. The van der Waals surface area contributed by atoms with E-state index in [0.717, 1.165) is 38.7 Å². The summed E-state index contributed by atoms with van der Waals surface area (Å²) in [6.07, 6.45) is 1.45. The van der Waals surface area contributed by atoms with Crippen LogP contribution in [0.2, 0.25) is 0 Å². The lowest BCUT2D eigenvalue weighted by atomic mass is 9.55. The van der Waals surface area contributed by atoms with E-state index in [-0.39, 0.29) is 6.09 Å². The Balaban J connectivity index is 1.34. The smallest absolute Gasteiger partial charge is 0.410 e. The van der Waals surface area contributed by atoms with E-state index in [0.29, 0.717) is 38.1 Å². The molecule has 8 heteroatoms. The quantitative estimate of drug-likeness (QED) is 0.176. The highest BCUT2D eigenvalue weighted by Gasteiger charge is 2.60. The van der Waals surface area contributed by atoms with E-state index >= 15 is 0 Å². The monoisotopic (exact) mass is 673 g/mol. The fourth-order valence-corrected chi connectivity index (χ4v) is 7.19. The Bertz CT molecular complexity index is 1950. The predicted molar refractivity (Wildman–Crippen MR) is 196 cm³/mol. The summed E-state index contributed by atoms with van der Waals surface area (Å²) in [6.45, 7) is 15.0. The second kappa shape index (κ2) is 13.4. The second-order valence-corrected chi connectivity index (χ2v) is 15.5. The normalized spacial score (nSPS) is 16.5. The first-order valence-corrected chi connectivity index (χ1v) is 17.1. The molecule has 0 unspecified atom stereocenters. The van der Waals surface area contributed by atoms with Crippen LogP contribution >= 0.6 is 0 Å². The highest BCUT2D eigenvalue weighted by Crippen LogP contribution is 2.55. The van der Waals surface area contributed by atoms with Gasteiger partial charge in [-0.1, -0.05) is 94.4 Å². The first-order valence-electron chi connectivity index (χ1n) is 17.1. The molecule has 1 saturated heterocycles. The molecular weight excluding hydrogens is 626 g/mol. The molecule has 6 rings (SSSR count). The van der Waals surface area contributed by atoms with E-state index in [1.165, 1.54) is 0 Å². The Hall–Kier alpha value is -4.95. The van der Waals surface area contributed by atoms with E-state index in [2.05, 4.69) is 6.07 Å². The second-order valence-electron chi connectivity index (χ2n) is 15.5. The molecule has 0 bridgehead atoms. The molecule has 1 aliphatic rings. The molecule has 260 valence electrons. The van der Waals surface area contributed by atoms with Crippen molar-refractivity contribution in [3.63, 3.8) is 0 Å². The maximum Gasteiger partial charge on any atom is 0.410 e. The summed E-state index contributed by atoms with van der Waals surface area (Å²) >= 11 is 0. The van der Waals surface area contributed by atoms with E-state index in [1.54, 1.807) is 4.90 Å². The Morgan fingerprint density at radius 3 is 2.00 bits per heavy atom. The highest BCUT2D eigenvalue weighted by molar-refractivity contribution is 5.85. The molecular formula is C42H47N3O5. The Morgan fingerprint density at radius 2 is 1.40 bits per heavy atom. The lowest BCUT2D eigenvalue weighted by molar-refractivity contribution is -0.200. The summed E-state index contributed by atoms with van der Waals surface area (Å²) in [5, 5.41) is 13.6. The van der Waals surface area contributed by atoms with Gasteiger partial charge in [-0.05, 0) is 61.7 Å². The van der Waals surface area contributed by atoms with Crippen molar-refractivity contribution in [3.8, 4) is 22.9 Å². The molecule has 0 saturated carbocycles. The minimum absolute atomic E-state index is 0.338. The summed E-state index contributed by atoms with van der Waals surface area (Å²) in [6, 6.07) is 31.7. The average molecular weight is 674 g/mol. The molecule has 3 heterocycles. The van der Waals surface area contributed by atoms with Gasteiger partial charge < -0.3 is 24.2 Å². The minimum atomic E-state index is -1.27. The number of aliphatic hydroxyl groups is 1. The first-order chi connectivity index (χ1) is 23.6. The molecule has 1 N–H and O–H groups in total. The zero-order valence-corrected chi connectivity index (χ0v) is 30.1. The Labute approximate surface area is 295 Å². The predicted octanol–water partition coefficient (Wildman–Crippen LogP) is 8.95. The van der Waals surface area contributed by atoms with Crippen LogP contribution in [0, 0.1) is 10.8 Å². The molecule has 1 amide bonds. The van der Waals surface area contributed by atoms with Crippen LogP contribution in [0.1, 0.15) is 65.2 Å². The number of rotatable bonds is 8. The molecule has 0 spiro atoms. The van der Waals surface area contributed by atoms with Crippen molar-refractivity contribution < 1.29 is 24.1 Å². The van der Waals surface area contributed by atoms with Gasteiger partial charge in [0.15, 0.2) is 0 Å². The number of amides is 1. The van der Waals surface area contributed by atoms with Crippen molar-refractivity contribution >= 4 is 17.0 Å². The van der Waals surface area contributed by atoms with Crippen LogP contribution in [0.25, 0.3) is 22.0 Å². The number of likely N-dealkylation sites (tertiary alicyclic amines) is 1. The van der Waals surface area contributed by atoms with Crippen LogP contribution in [0.3, 0.4) is 0 Å². The third-order valence-electron chi connectivity index (χ3n) is 9.48. The molecule has 1 aliphatic heterocycles. The number of nitrogens with zero attached hydrogens (tertiary/aromatic N) is 3. The summed E-state index contributed by atoms with van der Waals surface area (Å²) in [5.74, 6) is 0.897. The number of carbonyl (C=O) groups is 1. The number of carbonyl (C=O) groups excluding carboxylic acids is 1. The van der Waals surface area contributed by atoms with Crippen molar-refractivity contribution in [2.75, 3.05) is 13.1 Å². The van der Waals surface area contributed by atoms with Gasteiger partial charge in [-0.15, -0.1) is 0 Å². The number of hydrogen-bond acceptors (Lipinski definition) is 7. The summed E-state index contributed by atoms with van der Waals surface area (Å²) in [4.78, 5) is 24.5. The fourth-order valence-electron chi connectivity index (χ4n) is 7.19. The molecule has 5 aromatic rings. The molecule has 0 radical (unpaired) electrons. The largest absolute Gasteiger partial charge is 0.473 e. The third-order valence-corrected chi connectivity index (χ3v) is 9.48. The zero-order chi connectivity index (χ0) is 35.7. The third kappa shape index (κ3) is 7.17. The molecule has 3 aromatic carbocycles. The van der Waals surface area contributed by atoms with Gasteiger partial charge >= 0.3 is 6.09 Å². The number of fused-ring (bicyclic) bond motifs is 1. The molecule has 0 aliphatic carbocycles.